The number of carbonyl (C=O) groups is 2. The molecule has 0 radical (unpaired) electrons. The van der Waals surface area contributed by atoms with Crippen molar-refractivity contribution in [2.45, 2.75) is 13.0 Å². The van der Waals surface area contributed by atoms with Gasteiger partial charge in [-0.3, -0.25) is 9.59 Å². The van der Waals surface area contributed by atoms with Crippen LogP contribution in [-0.2, 0) is 16.1 Å². The van der Waals surface area contributed by atoms with Gasteiger partial charge in [-0.25, -0.2) is 0 Å². The van der Waals surface area contributed by atoms with Gasteiger partial charge in [0.1, 0.15) is 0 Å². The monoisotopic (exact) mass is 406 g/mol. The summed E-state index contributed by atoms with van der Waals surface area (Å²) in [4.78, 5) is 26.5. The van der Waals surface area contributed by atoms with Crippen LogP contribution in [0.3, 0.4) is 0 Å². The van der Waals surface area contributed by atoms with E-state index in [1.807, 2.05) is 18.2 Å². The zero-order chi connectivity index (χ0) is 19.0. The Labute approximate surface area is 165 Å². The van der Waals surface area contributed by atoms with Crippen molar-refractivity contribution in [3.05, 3.63) is 52.0 Å². The van der Waals surface area contributed by atoms with Crippen molar-refractivity contribution in [3.63, 3.8) is 0 Å². The fourth-order valence-corrected chi connectivity index (χ4v) is 3.64. The van der Waals surface area contributed by atoms with Crippen molar-refractivity contribution in [2.24, 2.45) is 5.92 Å². The van der Waals surface area contributed by atoms with E-state index in [4.69, 9.17) is 32.7 Å². The second-order valence-corrected chi connectivity index (χ2v) is 7.32. The molecule has 27 heavy (non-hydrogen) atoms. The number of amides is 2. The quantitative estimate of drug-likeness (QED) is 0.839. The number of benzene rings is 2. The highest BCUT2D eigenvalue weighted by molar-refractivity contribution is 6.36. The maximum Gasteiger partial charge on any atom is 0.231 e. The molecule has 1 saturated heterocycles. The van der Waals surface area contributed by atoms with Crippen LogP contribution in [0.4, 0.5) is 5.69 Å². The lowest BCUT2D eigenvalue weighted by Gasteiger charge is -2.17. The van der Waals surface area contributed by atoms with Crippen LogP contribution in [0.25, 0.3) is 0 Å². The first-order valence-corrected chi connectivity index (χ1v) is 9.17. The second-order valence-electron chi connectivity index (χ2n) is 6.48. The Morgan fingerprint density at radius 1 is 1.15 bits per heavy atom. The normalized spacial score (nSPS) is 18.1. The van der Waals surface area contributed by atoms with Gasteiger partial charge < -0.3 is 19.7 Å². The van der Waals surface area contributed by atoms with Gasteiger partial charge in [-0.1, -0.05) is 29.3 Å². The smallest absolute Gasteiger partial charge is 0.231 e. The van der Waals surface area contributed by atoms with Crippen LogP contribution in [0.15, 0.2) is 36.4 Å². The van der Waals surface area contributed by atoms with Gasteiger partial charge in [0, 0.05) is 24.5 Å². The van der Waals surface area contributed by atoms with Crippen LogP contribution >= 0.6 is 23.2 Å². The molecule has 8 heteroatoms. The molecule has 0 bridgehead atoms. The third-order valence-corrected chi connectivity index (χ3v) is 5.13. The fraction of sp³-hybridized carbons (Fsp3) is 0.263. The molecule has 1 fully saturated rings. The van der Waals surface area contributed by atoms with E-state index in [0.717, 1.165) is 5.56 Å². The van der Waals surface area contributed by atoms with Gasteiger partial charge in [0.05, 0.1) is 16.6 Å². The number of likely N-dealkylation sites (tertiary alicyclic amines) is 1. The number of halogens is 2. The number of hydrogen-bond acceptors (Lipinski definition) is 4. The topological polar surface area (TPSA) is 67.9 Å². The van der Waals surface area contributed by atoms with Gasteiger partial charge in [0.25, 0.3) is 0 Å². The highest BCUT2D eigenvalue weighted by Crippen LogP contribution is 2.33. The molecule has 1 atom stereocenters. The molecule has 4 rings (SSSR count). The molecule has 1 N–H and O–H groups in total. The number of carbonyl (C=O) groups excluding carboxylic acids is 2. The number of rotatable bonds is 4. The lowest BCUT2D eigenvalue weighted by atomic mass is 10.1. The Bertz CT molecular complexity index is 919. The number of ether oxygens (including phenoxy) is 2. The molecule has 2 heterocycles. The minimum Gasteiger partial charge on any atom is -0.454 e. The first kappa shape index (κ1) is 17.9. The number of nitrogens with zero attached hydrogens (tertiary/aromatic N) is 1. The van der Waals surface area contributed by atoms with Gasteiger partial charge in [-0.05, 0) is 35.9 Å². The average Bonchev–Trinajstić information content (AvgIpc) is 3.24. The molecule has 6 nitrogen and oxygen atoms in total. The maximum absolute atomic E-state index is 12.5. The van der Waals surface area contributed by atoms with Crippen molar-refractivity contribution < 1.29 is 19.1 Å². The predicted octanol–water partition coefficient (Wildman–Crippen LogP) is 3.71. The van der Waals surface area contributed by atoms with Crippen LogP contribution < -0.4 is 14.8 Å². The molecule has 140 valence electrons. The summed E-state index contributed by atoms with van der Waals surface area (Å²) in [6, 6.07) is 10.4. The van der Waals surface area contributed by atoms with Crippen LogP contribution in [0.5, 0.6) is 11.5 Å². The van der Waals surface area contributed by atoms with Crippen LogP contribution in [0.2, 0.25) is 10.0 Å². The first-order chi connectivity index (χ1) is 13.0. The van der Waals surface area contributed by atoms with Crippen molar-refractivity contribution >= 4 is 40.7 Å². The van der Waals surface area contributed by atoms with Gasteiger partial charge in [-0.2, -0.15) is 0 Å². The summed E-state index contributed by atoms with van der Waals surface area (Å²) in [5.41, 5.74) is 1.40. The van der Waals surface area contributed by atoms with Crippen molar-refractivity contribution in [2.75, 3.05) is 18.7 Å². The largest absolute Gasteiger partial charge is 0.454 e. The molecule has 0 spiro atoms. The number of anilines is 1. The molecular weight excluding hydrogens is 391 g/mol. The number of nitrogens with one attached hydrogen (secondary N) is 1. The summed E-state index contributed by atoms with van der Waals surface area (Å²) >= 11 is 12.0. The minimum atomic E-state index is -0.432. The van der Waals surface area contributed by atoms with Crippen LogP contribution in [0, 0.1) is 5.92 Å². The Morgan fingerprint density at radius 2 is 1.96 bits per heavy atom. The molecule has 1 unspecified atom stereocenters. The van der Waals surface area contributed by atoms with Gasteiger partial charge in [-0.15, -0.1) is 0 Å². The van der Waals surface area contributed by atoms with Crippen LogP contribution in [-0.4, -0.2) is 30.1 Å². The summed E-state index contributed by atoms with van der Waals surface area (Å²) in [7, 11) is 0. The molecule has 2 aliphatic rings. The van der Waals surface area contributed by atoms with E-state index in [2.05, 4.69) is 5.32 Å². The maximum atomic E-state index is 12.5. The first-order valence-electron chi connectivity index (χ1n) is 8.42. The summed E-state index contributed by atoms with van der Waals surface area (Å²) in [6.07, 6.45) is 0.168. The zero-order valence-electron chi connectivity index (χ0n) is 14.2. The molecular formula is C19H16Cl2N2O4. The van der Waals surface area contributed by atoms with Gasteiger partial charge in [0.15, 0.2) is 11.5 Å². The summed E-state index contributed by atoms with van der Waals surface area (Å²) < 4.78 is 10.7. The van der Waals surface area contributed by atoms with E-state index in [0.29, 0.717) is 40.3 Å². The molecule has 0 saturated carbocycles. The molecule has 2 aliphatic heterocycles. The van der Waals surface area contributed by atoms with E-state index < -0.39 is 5.92 Å². The third kappa shape index (κ3) is 3.82. The van der Waals surface area contributed by atoms with E-state index >= 15 is 0 Å². The van der Waals surface area contributed by atoms with Gasteiger partial charge in [0.2, 0.25) is 18.6 Å². The zero-order valence-corrected chi connectivity index (χ0v) is 15.7. The Balaban J connectivity index is 1.40. The molecule has 2 aromatic rings. The number of hydrogen-bond donors (Lipinski definition) is 1. The molecule has 0 aliphatic carbocycles. The highest BCUT2D eigenvalue weighted by Gasteiger charge is 2.34. The van der Waals surface area contributed by atoms with E-state index in [9.17, 15) is 9.59 Å². The SMILES string of the molecule is O=C(Nc1ccc(Cl)cc1Cl)C1CC(=O)N(Cc2ccc3c(c2)OCO3)C1. The standard InChI is InChI=1S/C19H16Cl2N2O4/c20-13-2-3-15(14(21)7-13)22-19(25)12-6-18(24)23(9-12)8-11-1-4-16-17(5-11)27-10-26-16/h1-5,7,12H,6,8-10H2,(H,22,25). The van der Waals surface area contributed by atoms with E-state index in [-0.39, 0.29) is 25.0 Å². The van der Waals surface area contributed by atoms with Crippen LogP contribution in [0.1, 0.15) is 12.0 Å². The number of fused-ring (bicyclic) bond motifs is 1. The lowest BCUT2D eigenvalue weighted by molar-refractivity contribution is -0.128. The van der Waals surface area contributed by atoms with E-state index in [1.165, 1.54) is 0 Å². The highest BCUT2D eigenvalue weighted by atomic mass is 35.5. The lowest BCUT2D eigenvalue weighted by Crippen LogP contribution is -2.28. The minimum absolute atomic E-state index is 0.0602. The molecule has 0 aromatic heterocycles. The van der Waals surface area contributed by atoms with Crippen molar-refractivity contribution in [3.8, 4) is 11.5 Å². The Hall–Kier alpha value is -2.44. The Morgan fingerprint density at radius 3 is 2.78 bits per heavy atom. The molecule has 2 amide bonds. The summed E-state index contributed by atoms with van der Waals surface area (Å²) in [5.74, 6) is 0.642. The van der Waals surface area contributed by atoms with E-state index in [1.54, 1.807) is 23.1 Å². The summed E-state index contributed by atoms with van der Waals surface area (Å²) in [5, 5.41) is 3.62. The predicted molar refractivity (Wildman–Crippen MR) is 101 cm³/mol. The van der Waals surface area contributed by atoms with Gasteiger partial charge >= 0.3 is 0 Å². The average molecular weight is 407 g/mol. The second kappa shape index (κ2) is 7.29. The summed E-state index contributed by atoms with van der Waals surface area (Å²) in [6.45, 7) is 0.974. The van der Waals surface area contributed by atoms with Crippen molar-refractivity contribution in [1.29, 1.82) is 0 Å². The van der Waals surface area contributed by atoms with Crippen molar-refractivity contribution in [1.82, 2.24) is 4.90 Å². The Kier molecular flexibility index (Phi) is 4.85. The molecule has 2 aromatic carbocycles. The third-order valence-electron chi connectivity index (χ3n) is 4.58. The fourth-order valence-electron chi connectivity index (χ4n) is 3.19.